The molecule has 1 saturated carbocycles. The van der Waals surface area contributed by atoms with Gasteiger partial charge in [-0.2, -0.15) is 0 Å². The Balaban J connectivity index is 1.32. The van der Waals surface area contributed by atoms with Crippen molar-refractivity contribution in [3.05, 3.63) is 72.1 Å². The number of carbonyl (C=O) groups excluding carboxylic acids is 2. The number of carbonyl (C=O) groups is 2. The van der Waals surface area contributed by atoms with Gasteiger partial charge in [-0.25, -0.2) is 9.97 Å². The molecular weight excluding hydrogens is 422 g/mol. The van der Waals surface area contributed by atoms with Crippen LogP contribution in [0.15, 0.2) is 55.2 Å². The van der Waals surface area contributed by atoms with Gasteiger partial charge >= 0.3 is 0 Å². The minimum Gasteiger partial charge on any atom is -0.497 e. The zero-order valence-corrected chi connectivity index (χ0v) is 18.5. The van der Waals surface area contributed by atoms with Crippen LogP contribution >= 0.6 is 0 Å². The number of benzene rings is 1. The van der Waals surface area contributed by atoms with E-state index in [9.17, 15) is 9.59 Å². The summed E-state index contributed by atoms with van der Waals surface area (Å²) in [5.74, 6) is 1.52. The molecule has 2 aromatic heterocycles. The van der Waals surface area contributed by atoms with Gasteiger partial charge in [0.1, 0.15) is 29.1 Å². The van der Waals surface area contributed by atoms with E-state index in [0.717, 1.165) is 23.5 Å². The molecule has 0 radical (unpaired) electrons. The Labute approximate surface area is 191 Å². The topological polar surface area (TPSA) is 115 Å². The quantitative estimate of drug-likeness (QED) is 0.518. The van der Waals surface area contributed by atoms with Crippen molar-refractivity contribution in [1.29, 1.82) is 0 Å². The van der Waals surface area contributed by atoms with Crippen LogP contribution in [0.4, 0.5) is 0 Å². The molecule has 0 bridgehead atoms. The van der Waals surface area contributed by atoms with Gasteiger partial charge < -0.3 is 20.1 Å². The van der Waals surface area contributed by atoms with Gasteiger partial charge in [0.05, 0.1) is 31.1 Å². The lowest BCUT2D eigenvalue weighted by Crippen LogP contribution is -2.48. The summed E-state index contributed by atoms with van der Waals surface area (Å²) >= 11 is 0. The smallest absolute Gasteiger partial charge is 0.255 e. The molecule has 1 aliphatic rings. The summed E-state index contributed by atoms with van der Waals surface area (Å²) in [6.07, 6.45) is 7.77. The number of pyridine rings is 1. The second-order valence-electron chi connectivity index (χ2n) is 7.76. The van der Waals surface area contributed by atoms with Crippen molar-refractivity contribution in [2.75, 3.05) is 7.11 Å². The molecule has 3 aromatic rings. The zero-order valence-electron chi connectivity index (χ0n) is 18.5. The van der Waals surface area contributed by atoms with Gasteiger partial charge in [0, 0.05) is 12.4 Å². The second-order valence-corrected chi connectivity index (χ2v) is 7.76. The highest BCUT2D eigenvalue weighted by atomic mass is 16.5. The normalized spacial score (nSPS) is 13.6. The molecule has 4 rings (SSSR count). The van der Waals surface area contributed by atoms with Gasteiger partial charge in [-0.05, 0) is 55.2 Å². The second kappa shape index (κ2) is 9.64. The maximum absolute atomic E-state index is 12.7. The van der Waals surface area contributed by atoms with Crippen molar-refractivity contribution in [1.82, 2.24) is 25.6 Å². The predicted octanol–water partition coefficient (Wildman–Crippen LogP) is 2.81. The van der Waals surface area contributed by atoms with E-state index in [2.05, 4.69) is 25.6 Å². The number of nitrogens with zero attached hydrogens (tertiary/aromatic N) is 3. The maximum Gasteiger partial charge on any atom is 0.255 e. The minimum atomic E-state index is -0.888. The Hall–Kier alpha value is -4.01. The fourth-order valence-electron chi connectivity index (χ4n) is 3.34. The number of hydrogen-bond donors (Lipinski definition) is 2. The first-order chi connectivity index (χ1) is 16.0. The Bertz CT molecular complexity index is 1130. The van der Waals surface area contributed by atoms with Crippen LogP contribution in [-0.2, 0) is 17.8 Å². The number of nitrogens with one attached hydrogen (secondary N) is 2. The Kier molecular flexibility index (Phi) is 6.48. The molecular formula is C24H25N5O4. The average molecular weight is 447 g/mol. The van der Waals surface area contributed by atoms with Gasteiger partial charge in [0.25, 0.3) is 5.91 Å². The van der Waals surface area contributed by atoms with Crippen LogP contribution in [0.3, 0.4) is 0 Å². The number of aromatic nitrogens is 3. The molecule has 0 spiro atoms. The highest BCUT2D eigenvalue weighted by molar-refractivity contribution is 6.00. The molecule has 1 aromatic carbocycles. The SMILES string of the molecule is CCc1cc(OC)ccc1Oc1ccc(CNC(=O)C2(NC(=O)c3cncnc3)CC2)nc1. The van der Waals surface area contributed by atoms with Crippen molar-refractivity contribution in [2.45, 2.75) is 38.3 Å². The Morgan fingerprint density at radius 2 is 1.82 bits per heavy atom. The average Bonchev–Trinajstić information content (AvgIpc) is 3.64. The highest BCUT2D eigenvalue weighted by Gasteiger charge is 2.51. The number of ether oxygens (including phenoxy) is 2. The number of aryl methyl sites for hydroxylation is 1. The molecule has 1 aliphatic carbocycles. The van der Waals surface area contributed by atoms with Crippen LogP contribution < -0.4 is 20.1 Å². The summed E-state index contributed by atoms with van der Waals surface area (Å²) in [7, 11) is 1.63. The van der Waals surface area contributed by atoms with E-state index in [1.54, 1.807) is 19.4 Å². The molecule has 1 fully saturated rings. The molecule has 170 valence electrons. The summed E-state index contributed by atoms with van der Waals surface area (Å²) in [5, 5.41) is 5.65. The van der Waals surface area contributed by atoms with E-state index in [4.69, 9.17) is 9.47 Å². The molecule has 2 heterocycles. The van der Waals surface area contributed by atoms with Crippen molar-refractivity contribution in [2.24, 2.45) is 0 Å². The third-order valence-corrected chi connectivity index (χ3v) is 5.46. The summed E-state index contributed by atoms with van der Waals surface area (Å²) in [5.41, 5.74) is 1.14. The van der Waals surface area contributed by atoms with Crippen molar-refractivity contribution in [3.8, 4) is 17.2 Å². The van der Waals surface area contributed by atoms with E-state index in [0.29, 0.717) is 29.8 Å². The van der Waals surface area contributed by atoms with Crippen molar-refractivity contribution < 1.29 is 19.1 Å². The van der Waals surface area contributed by atoms with Crippen LogP contribution in [0.5, 0.6) is 17.2 Å². The zero-order chi connectivity index (χ0) is 23.3. The first-order valence-electron chi connectivity index (χ1n) is 10.7. The van der Waals surface area contributed by atoms with Crippen LogP contribution in [0.1, 0.15) is 41.4 Å². The molecule has 9 heteroatoms. The number of hydrogen-bond acceptors (Lipinski definition) is 7. The minimum absolute atomic E-state index is 0.236. The van der Waals surface area contributed by atoms with Crippen LogP contribution in [0.25, 0.3) is 0 Å². The molecule has 2 amide bonds. The van der Waals surface area contributed by atoms with Gasteiger partial charge in [-0.15, -0.1) is 0 Å². The largest absolute Gasteiger partial charge is 0.497 e. The van der Waals surface area contributed by atoms with E-state index in [1.807, 2.05) is 31.2 Å². The lowest BCUT2D eigenvalue weighted by Gasteiger charge is -2.17. The number of amides is 2. The summed E-state index contributed by atoms with van der Waals surface area (Å²) < 4.78 is 11.2. The fraction of sp³-hybridized carbons (Fsp3) is 0.292. The third kappa shape index (κ3) is 5.25. The lowest BCUT2D eigenvalue weighted by atomic mass is 10.1. The monoisotopic (exact) mass is 447 g/mol. The van der Waals surface area contributed by atoms with E-state index in [-0.39, 0.29) is 18.4 Å². The van der Waals surface area contributed by atoms with Gasteiger partial charge in [-0.1, -0.05) is 6.92 Å². The Morgan fingerprint density at radius 3 is 2.45 bits per heavy atom. The molecule has 2 N–H and O–H groups in total. The van der Waals surface area contributed by atoms with Crippen LogP contribution in [-0.4, -0.2) is 39.4 Å². The van der Waals surface area contributed by atoms with Crippen LogP contribution in [0, 0.1) is 0 Å². The van der Waals surface area contributed by atoms with Gasteiger partial charge in [0.15, 0.2) is 0 Å². The molecule has 0 saturated heterocycles. The first kappa shape index (κ1) is 22.2. The maximum atomic E-state index is 12.7. The molecule has 33 heavy (non-hydrogen) atoms. The summed E-state index contributed by atoms with van der Waals surface area (Å²) in [6.45, 7) is 2.29. The van der Waals surface area contributed by atoms with Crippen LogP contribution in [0.2, 0.25) is 0 Å². The molecule has 0 aliphatic heterocycles. The lowest BCUT2D eigenvalue weighted by molar-refractivity contribution is -0.124. The summed E-state index contributed by atoms with van der Waals surface area (Å²) in [4.78, 5) is 37.1. The van der Waals surface area contributed by atoms with Crippen molar-refractivity contribution >= 4 is 11.8 Å². The Morgan fingerprint density at radius 1 is 1.06 bits per heavy atom. The third-order valence-electron chi connectivity index (χ3n) is 5.46. The van der Waals surface area contributed by atoms with E-state index >= 15 is 0 Å². The number of rotatable bonds is 9. The highest BCUT2D eigenvalue weighted by Crippen LogP contribution is 2.36. The molecule has 0 atom stereocenters. The standard InChI is InChI=1S/C24H25N5O4/c1-3-16-10-19(32-2)6-7-21(16)33-20-5-4-18(27-14-20)13-28-23(31)24(8-9-24)29-22(30)17-11-25-15-26-12-17/h4-7,10-12,14-15H,3,8-9,13H2,1-2H3,(H,28,31)(H,29,30). The van der Waals surface area contributed by atoms with E-state index < -0.39 is 5.54 Å². The van der Waals surface area contributed by atoms with Gasteiger partial charge in [-0.3, -0.25) is 14.6 Å². The first-order valence-corrected chi connectivity index (χ1v) is 10.7. The fourth-order valence-corrected chi connectivity index (χ4v) is 3.34. The predicted molar refractivity (Wildman–Crippen MR) is 120 cm³/mol. The summed E-state index contributed by atoms with van der Waals surface area (Å²) in [6, 6.07) is 9.27. The number of methoxy groups -OCH3 is 1. The van der Waals surface area contributed by atoms with Crippen molar-refractivity contribution in [3.63, 3.8) is 0 Å². The van der Waals surface area contributed by atoms with Gasteiger partial charge in [0.2, 0.25) is 5.91 Å². The van der Waals surface area contributed by atoms with E-state index in [1.165, 1.54) is 18.7 Å². The molecule has 0 unspecified atom stereocenters. The molecule has 9 nitrogen and oxygen atoms in total.